The Kier molecular flexibility index (Phi) is 2.75. The van der Waals surface area contributed by atoms with Crippen molar-refractivity contribution in [1.82, 2.24) is 15.0 Å². The van der Waals surface area contributed by atoms with Crippen LogP contribution in [0.5, 0.6) is 0 Å². The number of anilines is 1. The molecule has 0 amide bonds. The highest BCUT2D eigenvalue weighted by molar-refractivity contribution is 7.91. The average Bonchev–Trinajstić information content (AvgIpc) is 2.43. The molecule has 2 aromatic rings. The lowest BCUT2D eigenvalue weighted by Crippen LogP contribution is -2.12. The summed E-state index contributed by atoms with van der Waals surface area (Å²) in [6, 6.07) is 0. The number of aromatic amines is 1. The number of halogens is 1. The maximum Gasteiger partial charge on any atom is 0.238 e. The molecule has 0 unspecified atom stereocenters. The topological polar surface area (TPSA) is 87.7 Å². The predicted octanol–water partition coefficient (Wildman–Crippen LogP) is 1.60. The molecule has 2 aromatic heterocycles. The van der Waals surface area contributed by atoms with Gasteiger partial charge in [0.1, 0.15) is 5.52 Å². The summed E-state index contributed by atoms with van der Waals surface area (Å²) in [6.45, 7) is 3.76. The molecule has 0 aliphatic heterocycles. The molecule has 2 heterocycles. The zero-order valence-electron chi connectivity index (χ0n) is 9.50. The molecule has 0 saturated carbocycles. The summed E-state index contributed by atoms with van der Waals surface area (Å²) in [7, 11) is -3.41. The Morgan fingerprint density at radius 3 is 2.53 bits per heavy atom. The van der Waals surface area contributed by atoms with E-state index in [0.717, 1.165) is 17.5 Å². The second-order valence-electron chi connectivity index (χ2n) is 3.81. The van der Waals surface area contributed by atoms with Gasteiger partial charge in [-0.2, -0.15) is 4.98 Å². The van der Waals surface area contributed by atoms with E-state index in [4.69, 9.17) is 11.6 Å². The predicted molar refractivity (Wildman–Crippen MR) is 66.8 cm³/mol. The van der Waals surface area contributed by atoms with Crippen molar-refractivity contribution in [2.45, 2.75) is 13.8 Å². The van der Waals surface area contributed by atoms with Crippen molar-refractivity contribution in [3.63, 3.8) is 0 Å². The van der Waals surface area contributed by atoms with E-state index in [0.29, 0.717) is 11.0 Å². The van der Waals surface area contributed by atoms with Crippen molar-refractivity contribution in [3.05, 3.63) is 16.4 Å². The molecule has 0 radical (unpaired) electrons. The third kappa shape index (κ3) is 2.34. The molecule has 0 atom stereocenters. The van der Waals surface area contributed by atoms with Crippen LogP contribution >= 0.6 is 11.6 Å². The highest BCUT2D eigenvalue weighted by Gasteiger charge is 2.13. The number of H-pyrrole nitrogens is 1. The van der Waals surface area contributed by atoms with Gasteiger partial charge in [-0.15, -0.1) is 0 Å². The summed E-state index contributed by atoms with van der Waals surface area (Å²) in [4.78, 5) is 11.0. The van der Waals surface area contributed by atoms with Crippen LogP contribution in [0.4, 0.5) is 5.95 Å². The van der Waals surface area contributed by atoms with E-state index in [1.54, 1.807) is 0 Å². The molecule has 6 nitrogen and oxygen atoms in total. The second kappa shape index (κ2) is 3.85. The molecule has 0 aliphatic carbocycles. The molecule has 2 N–H and O–H groups in total. The van der Waals surface area contributed by atoms with Crippen LogP contribution < -0.4 is 4.72 Å². The average molecular weight is 275 g/mol. The summed E-state index contributed by atoms with van der Waals surface area (Å²) >= 11 is 5.96. The van der Waals surface area contributed by atoms with Crippen LogP contribution in [0.3, 0.4) is 0 Å². The molecule has 0 spiro atoms. The van der Waals surface area contributed by atoms with E-state index in [-0.39, 0.29) is 11.1 Å². The normalized spacial score (nSPS) is 12.0. The third-order valence-electron chi connectivity index (χ3n) is 2.37. The number of sulfonamides is 1. The quantitative estimate of drug-likeness (QED) is 0.814. The summed E-state index contributed by atoms with van der Waals surface area (Å²) in [6.07, 6.45) is 1.03. The molecule has 92 valence electrons. The lowest BCUT2D eigenvalue weighted by atomic mass is 10.2. The molecule has 0 aromatic carbocycles. The van der Waals surface area contributed by atoms with Crippen molar-refractivity contribution in [1.29, 1.82) is 0 Å². The van der Waals surface area contributed by atoms with Gasteiger partial charge in [0.05, 0.1) is 11.8 Å². The minimum absolute atomic E-state index is 0.0212. The summed E-state index contributed by atoms with van der Waals surface area (Å²) in [5, 5.41) is 0.192. The number of hydrogen-bond acceptors (Lipinski definition) is 4. The molecule has 0 fully saturated rings. The van der Waals surface area contributed by atoms with E-state index in [9.17, 15) is 8.42 Å². The molecule has 17 heavy (non-hydrogen) atoms. The highest BCUT2D eigenvalue weighted by atomic mass is 35.5. The molecular formula is C9H11ClN4O2S. The second-order valence-corrected chi connectivity index (χ2v) is 5.92. The summed E-state index contributed by atoms with van der Waals surface area (Å²) in [5.74, 6) is -0.0212. The fraction of sp³-hybridized carbons (Fsp3) is 0.333. The summed E-state index contributed by atoms with van der Waals surface area (Å²) in [5.41, 5.74) is 3.07. The van der Waals surface area contributed by atoms with E-state index in [1.807, 2.05) is 13.8 Å². The van der Waals surface area contributed by atoms with Crippen LogP contribution in [0, 0.1) is 13.8 Å². The van der Waals surface area contributed by atoms with Crippen LogP contribution in [-0.4, -0.2) is 29.6 Å². The first kappa shape index (κ1) is 12.1. The van der Waals surface area contributed by atoms with Crippen LogP contribution in [0.1, 0.15) is 11.3 Å². The monoisotopic (exact) mass is 274 g/mol. The van der Waals surface area contributed by atoms with E-state index in [2.05, 4.69) is 19.7 Å². The Bertz CT molecular complexity index is 693. The number of hydrogen-bond donors (Lipinski definition) is 2. The Labute approximate surface area is 103 Å². The zero-order chi connectivity index (χ0) is 12.8. The van der Waals surface area contributed by atoms with Gasteiger partial charge in [-0.1, -0.05) is 11.6 Å². The van der Waals surface area contributed by atoms with Gasteiger partial charge in [0, 0.05) is 5.69 Å². The minimum atomic E-state index is -3.41. The van der Waals surface area contributed by atoms with Crippen molar-refractivity contribution >= 4 is 38.6 Å². The number of rotatable bonds is 2. The van der Waals surface area contributed by atoms with Crippen molar-refractivity contribution < 1.29 is 8.42 Å². The molecule has 0 bridgehead atoms. The van der Waals surface area contributed by atoms with Crippen molar-refractivity contribution in [2.24, 2.45) is 0 Å². The number of nitrogens with one attached hydrogen (secondary N) is 2. The van der Waals surface area contributed by atoms with Crippen LogP contribution in [0.2, 0.25) is 5.15 Å². The first-order valence-corrected chi connectivity index (χ1v) is 7.05. The van der Waals surface area contributed by atoms with Crippen molar-refractivity contribution in [3.8, 4) is 0 Å². The van der Waals surface area contributed by atoms with Crippen molar-refractivity contribution in [2.75, 3.05) is 11.0 Å². The maximum atomic E-state index is 11.1. The minimum Gasteiger partial charge on any atom is -0.355 e. The Morgan fingerprint density at radius 2 is 1.94 bits per heavy atom. The van der Waals surface area contributed by atoms with E-state index in [1.165, 1.54) is 0 Å². The van der Waals surface area contributed by atoms with Gasteiger partial charge in [0.15, 0.2) is 5.15 Å². The maximum absolute atomic E-state index is 11.1. The third-order valence-corrected chi connectivity index (χ3v) is 3.20. The first-order chi connectivity index (χ1) is 7.78. The van der Waals surface area contributed by atoms with Gasteiger partial charge >= 0.3 is 0 Å². The van der Waals surface area contributed by atoms with Crippen LogP contribution in [0.25, 0.3) is 11.0 Å². The number of nitrogens with zero attached hydrogens (tertiary/aromatic N) is 2. The Balaban J connectivity index is 2.66. The first-order valence-electron chi connectivity index (χ1n) is 4.78. The van der Waals surface area contributed by atoms with Gasteiger partial charge in [-0.3, -0.25) is 4.72 Å². The highest BCUT2D eigenvalue weighted by Crippen LogP contribution is 2.25. The fourth-order valence-corrected chi connectivity index (χ4v) is 2.13. The molecule has 8 heteroatoms. The lowest BCUT2D eigenvalue weighted by molar-refractivity contribution is 0.606. The fourth-order valence-electron chi connectivity index (χ4n) is 1.49. The number of aromatic nitrogens is 3. The smallest absolute Gasteiger partial charge is 0.238 e. The van der Waals surface area contributed by atoms with Gasteiger partial charge in [-0.25, -0.2) is 13.4 Å². The SMILES string of the molecule is Cc1[nH]c2c(Cl)nc(NS(C)(=O)=O)nc2c1C. The van der Waals surface area contributed by atoms with Gasteiger partial charge in [0.25, 0.3) is 0 Å². The standard InChI is InChI=1S/C9H11ClN4O2S/c1-4-5(2)11-7-6(4)12-9(13-8(7)10)14-17(3,15)16/h11H,1-3H3,(H,12,13,14). The van der Waals surface area contributed by atoms with Crippen LogP contribution in [0.15, 0.2) is 0 Å². The summed E-state index contributed by atoms with van der Waals surface area (Å²) < 4.78 is 24.4. The van der Waals surface area contributed by atoms with Gasteiger partial charge in [-0.05, 0) is 19.4 Å². The zero-order valence-corrected chi connectivity index (χ0v) is 11.1. The largest absolute Gasteiger partial charge is 0.355 e. The van der Waals surface area contributed by atoms with Gasteiger partial charge < -0.3 is 4.98 Å². The molecule has 2 rings (SSSR count). The van der Waals surface area contributed by atoms with Crippen LogP contribution in [-0.2, 0) is 10.0 Å². The molecule has 0 saturated heterocycles. The lowest BCUT2D eigenvalue weighted by Gasteiger charge is -2.03. The number of aryl methyl sites for hydroxylation is 2. The Morgan fingerprint density at radius 1 is 1.29 bits per heavy atom. The number of fused-ring (bicyclic) bond motifs is 1. The van der Waals surface area contributed by atoms with Gasteiger partial charge in [0.2, 0.25) is 16.0 Å². The van der Waals surface area contributed by atoms with E-state index >= 15 is 0 Å². The van der Waals surface area contributed by atoms with E-state index < -0.39 is 10.0 Å². The molecular weight excluding hydrogens is 264 g/mol. The Hall–Kier alpha value is -1.34. The molecule has 0 aliphatic rings.